The molecule has 1 saturated heterocycles. The predicted octanol–water partition coefficient (Wildman–Crippen LogP) is 1.69. The number of aromatic nitrogens is 1. The Bertz CT molecular complexity index is 455. The summed E-state index contributed by atoms with van der Waals surface area (Å²) in [6.45, 7) is 4.30. The van der Waals surface area contributed by atoms with E-state index < -0.39 is 5.54 Å². The first-order valence-electron chi connectivity index (χ1n) is 6.16. The Labute approximate surface area is 106 Å². The molecule has 5 nitrogen and oxygen atoms in total. The number of nitrogens with zero attached hydrogens (tertiary/aromatic N) is 2. The second-order valence-corrected chi connectivity index (χ2v) is 4.44. The third-order valence-corrected chi connectivity index (χ3v) is 3.66. The lowest BCUT2D eigenvalue weighted by atomic mass is 9.91. The van der Waals surface area contributed by atoms with Crippen LogP contribution in [0.15, 0.2) is 24.5 Å². The Hall–Kier alpha value is -1.91. The lowest BCUT2D eigenvalue weighted by molar-refractivity contribution is -0.127. The molecule has 0 unspecified atom stereocenters. The molecule has 0 radical (unpaired) electrons. The van der Waals surface area contributed by atoms with Gasteiger partial charge in [0.1, 0.15) is 5.54 Å². The van der Waals surface area contributed by atoms with Crippen LogP contribution in [0.2, 0.25) is 0 Å². The number of hydrogen-bond donors (Lipinski definition) is 1. The number of urea groups is 1. The van der Waals surface area contributed by atoms with Crippen molar-refractivity contribution in [1.82, 2.24) is 15.2 Å². The van der Waals surface area contributed by atoms with E-state index in [2.05, 4.69) is 10.3 Å². The van der Waals surface area contributed by atoms with Crippen LogP contribution in [0.5, 0.6) is 0 Å². The fourth-order valence-electron chi connectivity index (χ4n) is 2.44. The van der Waals surface area contributed by atoms with Gasteiger partial charge in [0.05, 0.1) is 0 Å². The van der Waals surface area contributed by atoms with Crippen molar-refractivity contribution in [2.45, 2.75) is 38.8 Å². The highest BCUT2D eigenvalue weighted by molar-refractivity contribution is 6.06. The maximum Gasteiger partial charge on any atom is 0.325 e. The summed E-state index contributed by atoms with van der Waals surface area (Å²) in [7, 11) is 0. The van der Waals surface area contributed by atoms with Gasteiger partial charge in [-0.15, -0.1) is 0 Å². The van der Waals surface area contributed by atoms with Gasteiger partial charge >= 0.3 is 6.03 Å². The maximum atomic E-state index is 12.0. The van der Waals surface area contributed by atoms with Crippen molar-refractivity contribution in [3.05, 3.63) is 30.1 Å². The lowest BCUT2D eigenvalue weighted by Crippen LogP contribution is -2.48. The molecule has 1 N–H and O–H groups in total. The molecule has 0 aliphatic carbocycles. The van der Waals surface area contributed by atoms with Gasteiger partial charge in [0, 0.05) is 18.9 Å². The molecule has 0 spiro atoms. The fraction of sp³-hybridized carbons (Fsp3) is 0.462. The van der Waals surface area contributed by atoms with Crippen LogP contribution in [0.1, 0.15) is 32.3 Å². The zero-order valence-corrected chi connectivity index (χ0v) is 10.6. The fourth-order valence-corrected chi connectivity index (χ4v) is 2.44. The van der Waals surface area contributed by atoms with E-state index in [1.807, 2.05) is 26.0 Å². The van der Waals surface area contributed by atoms with Crippen LogP contribution < -0.4 is 5.32 Å². The average Bonchev–Trinajstić information content (AvgIpc) is 2.63. The van der Waals surface area contributed by atoms with Gasteiger partial charge in [0.2, 0.25) is 0 Å². The van der Waals surface area contributed by atoms with Crippen molar-refractivity contribution < 1.29 is 9.59 Å². The molecule has 0 bridgehead atoms. The number of amides is 3. The Balaban J connectivity index is 2.29. The lowest BCUT2D eigenvalue weighted by Gasteiger charge is -2.33. The summed E-state index contributed by atoms with van der Waals surface area (Å²) in [6.07, 6.45) is 4.60. The number of hydrogen-bond acceptors (Lipinski definition) is 3. The zero-order chi connectivity index (χ0) is 13.2. The first-order valence-corrected chi connectivity index (χ1v) is 6.16. The van der Waals surface area contributed by atoms with Crippen LogP contribution in [0.4, 0.5) is 4.79 Å². The highest BCUT2D eigenvalue weighted by Gasteiger charge is 2.49. The van der Waals surface area contributed by atoms with E-state index in [1.54, 1.807) is 17.3 Å². The van der Waals surface area contributed by atoms with E-state index >= 15 is 0 Å². The van der Waals surface area contributed by atoms with Crippen LogP contribution in [0.25, 0.3) is 0 Å². The molecule has 5 heteroatoms. The summed E-state index contributed by atoms with van der Waals surface area (Å²) in [6, 6.07) is 3.40. The van der Waals surface area contributed by atoms with E-state index in [4.69, 9.17) is 0 Å². The van der Waals surface area contributed by atoms with Crippen molar-refractivity contribution in [3.63, 3.8) is 0 Å². The maximum absolute atomic E-state index is 12.0. The zero-order valence-electron chi connectivity index (χ0n) is 10.6. The minimum absolute atomic E-state index is 0.188. The molecule has 2 rings (SSSR count). The van der Waals surface area contributed by atoms with Gasteiger partial charge in [-0.05, 0) is 30.5 Å². The molecule has 1 fully saturated rings. The van der Waals surface area contributed by atoms with Gasteiger partial charge in [-0.2, -0.15) is 0 Å². The standard InChI is InChI=1S/C13H17N3O2/c1-3-13(4-2)11(17)15-12(18)16(13)9-10-5-7-14-8-6-10/h5-8H,3-4,9H2,1-2H3,(H,15,17,18). The van der Waals surface area contributed by atoms with Crippen molar-refractivity contribution in [2.75, 3.05) is 0 Å². The Morgan fingerprint density at radius 1 is 1.22 bits per heavy atom. The van der Waals surface area contributed by atoms with Gasteiger partial charge in [-0.3, -0.25) is 15.1 Å². The molecule has 3 amide bonds. The summed E-state index contributed by atoms with van der Waals surface area (Å²) in [5, 5.41) is 2.41. The molecule has 1 aromatic rings. The predicted molar refractivity (Wildman–Crippen MR) is 66.6 cm³/mol. The van der Waals surface area contributed by atoms with Crippen molar-refractivity contribution in [3.8, 4) is 0 Å². The SMILES string of the molecule is CCC1(CC)C(=O)NC(=O)N1Cc1ccncc1. The number of imide groups is 1. The Morgan fingerprint density at radius 3 is 2.39 bits per heavy atom. The molecular formula is C13H17N3O2. The number of nitrogens with one attached hydrogen (secondary N) is 1. The van der Waals surface area contributed by atoms with E-state index in [-0.39, 0.29) is 11.9 Å². The average molecular weight is 247 g/mol. The second kappa shape index (κ2) is 4.76. The van der Waals surface area contributed by atoms with E-state index in [1.165, 1.54) is 0 Å². The smallest absolute Gasteiger partial charge is 0.305 e. The van der Waals surface area contributed by atoms with Crippen LogP contribution in [0, 0.1) is 0 Å². The minimum atomic E-state index is -0.708. The molecule has 1 aliphatic heterocycles. The molecule has 96 valence electrons. The summed E-state index contributed by atoms with van der Waals surface area (Å²) in [5.74, 6) is -0.188. The van der Waals surface area contributed by atoms with Crippen molar-refractivity contribution in [1.29, 1.82) is 0 Å². The quantitative estimate of drug-likeness (QED) is 0.823. The number of carbonyl (C=O) groups is 2. The topological polar surface area (TPSA) is 62.3 Å². The van der Waals surface area contributed by atoms with Gasteiger partial charge < -0.3 is 4.90 Å². The molecule has 0 saturated carbocycles. The Kier molecular flexibility index (Phi) is 3.32. The van der Waals surface area contributed by atoms with Crippen molar-refractivity contribution >= 4 is 11.9 Å². The van der Waals surface area contributed by atoms with Crippen LogP contribution in [-0.2, 0) is 11.3 Å². The van der Waals surface area contributed by atoms with E-state index in [0.717, 1.165) is 5.56 Å². The third kappa shape index (κ3) is 1.85. The van der Waals surface area contributed by atoms with E-state index in [0.29, 0.717) is 19.4 Å². The largest absolute Gasteiger partial charge is 0.325 e. The number of pyridine rings is 1. The van der Waals surface area contributed by atoms with Gasteiger partial charge in [0.15, 0.2) is 0 Å². The number of rotatable bonds is 4. The highest BCUT2D eigenvalue weighted by Crippen LogP contribution is 2.30. The Morgan fingerprint density at radius 2 is 1.83 bits per heavy atom. The normalized spacial score (nSPS) is 18.0. The minimum Gasteiger partial charge on any atom is -0.305 e. The van der Waals surface area contributed by atoms with Crippen LogP contribution >= 0.6 is 0 Å². The van der Waals surface area contributed by atoms with Crippen molar-refractivity contribution in [2.24, 2.45) is 0 Å². The number of carbonyl (C=O) groups excluding carboxylic acids is 2. The second-order valence-electron chi connectivity index (χ2n) is 4.44. The molecule has 18 heavy (non-hydrogen) atoms. The first-order chi connectivity index (χ1) is 8.64. The summed E-state index contributed by atoms with van der Waals surface area (Å²) >= 11 is 0. The van der Waals surface area contributed by atoms with E-state index in [9.17, 15) is 9.59 Å². The van der Waals surface area contributed by atoms with Gasteiger partial charge in [0.25, 0.3) is 5.91 Å². The monoisotopic (exact) mass is 247 g/mol. The van der Waals surface area contributed by atoms with Gasteiger partial charge in [-0.1, -0.05) is 13.8 Å². The summed E-state index contributed by atoms with van der Waals surface area (Å²) in [4.78, 5) is 29.5. The van der Waals surface area contributed by atoms with Crippen LogP contribution in [0.3, 0.4) is 0 Å². The molecule has 0 aromatic carbocycles. The molecule has 0 atom stereocenters. The molecule has 1 aliphatic rings. The molecule has 1 aromatic heterocycles. The first kappa shape index (κ1) is 12.5. The van der Waals surface area contributed by atoms with Gasteiger partial charge in [-0.25, -0.2) is 4.79 Å². The third-order valence-electron chi connectivity index (χ3n) is 3.66. The summed E-state index contributed by atoms with van der Waals surface area (Å²) < 4.78 is 0. The molecule has 2 heterocycles. The highest BCUT2D eigenvalue weighted by atomic mass is 16.2. The summed E-state index contributed by atoms with van der Waals surface area (Å²) in [5.41, 5.74) is 0.265. The molecular weight excluding hydrogens is 230 g/mol. The van der Waals surface area contributed by atoms with Crippen LogP contribution in [-0.4, -0.2) is 27.4 Å².